The summed E-state index contributed by atoms with van der Waals surface area (Å²) < 4.78 is 20.5. The number of phosphoric ester groups is 1. The molecule has 0 aliphatic rings. The SMILES string of the molecule is CCCCCCCCCCCCSOP(=O)(O)OCC. The first-order valence-electron chi connectivity index (χ1n) is 7.91. The van der Waals surface area contributed by atoms with Crippen LogP contribution in [0.2, 0.25) is 0 Å². The Kier molecular flexibility index (Phi) is 14.7. The van der Waals surface area contributed by atoms with Gasteiger partial charge in [0.1, 0.15) is 0 Å². The molecule has 0 aromatic heterocycles. The fraction of sp³-hybridized carbons (Fsp3) is 1.00. The fourth-order valence-corrected chi connectivity index (χ4v) is 3.59. The molecule has 4 nitrogen and oxygen atoms in total. The molecule has 0 fully saturated rings. The molecule has 0 radical (unpaired) electrons. The minimum absolute atomic E-state index is 0.187. The molecule has 0 spiro atoms. The van der Waals surface area contributed by atoms with E-state index in [0.29, 0.717) is 0 Å². The van der Waals surface area contributed by atoms with Crippen molar-refractivity contribution in [1.29, 1.82) is 0 Å². The molecular formula is C14H31O4PS. The maximum absolute atomic E-state index is 11.2. The molecule has 0 aliphatic carbocycles. The van der Waals surface area contributed by atoms with Crippen LogP contribution in [0.4, 0.5) is 0 Å². The molecule has 122 valence electrons. The van der Waals surface area contributed by atoms with Gasteiger partial charge in [-0.3, -0.25) is 4.52 Å². The lowest BCUT2D eigenvalue weighted by Crippen LogP contribution is -1.90. The first-order chi connectivity index (χ1) is 9.62. The van der Waals surface area contributed by atoms with Crippen molar-refractivity contribution in [3.05, 3.63) is 0 Å². The van der Waals surface area contributed by atoms with Gasteiger partial charge in [-0.15, -0.1) is 0 Å². The van der Waals surface area contributed by atoms with Gasteiger partial charge in [0.25, 0.3) is 0 Å². The summed E-state index contributed by atoms with van der Waals surface area (Å²) in [6.45, 7) is 4.09. The second-order valence-electron chi connectivity index (χ2n) is 4.96. The number of hydrogen-bond acceptors (Lipinski definition) is 4. The molecule has 20 heavy (non-hydrogen) atoms. The summed E-state index contributed by atoms with van der Waals surface area (Å²) in [6, 6.07) is 0. The summed E-state index contributed by atoms with van der Waals surface area (Å²) in [5.41, 5.74) is 0. The van der Waals surface area contributed by atoms with Crippen LogP contribution >= 0.6 is 19.9 Å². The van der Waals surface area contributed by atoms with Gasteiger partial charge >= 0.3 is 7.82 Å². The van der Waals surface area contributed by atoms with E-state index in [-0.39, 0.29) is 6.61 Å². The zero-order chi connectivity index (χ0) is 15.1. The summed E-state index contributed by atoms with van der Waals surface area (Å²) in [5.74, 6) is 0.744. The number of rotatable bonds is 15. The van der Waals surface area contributed by atoms with E-state index < -0.39 is 7.82 Å². The highest BCUT2D eigenvalue weighted by Gasteiger charge is 2.20. The molecule has 0 heterocycles. The zero-order valence-electron chi connectivity index (χ0n) is 13.0. The minimum atomic E-state index is -3.81. The van der Waals surface area contributed by atoms with Crippen LogP contribution in [0.15, 0.2) is 0 Å². The molecule has 0 aromatic rings. The van der Waals surface area contributed by atoms with Crippen LogP contribution in [0.1, 0.15) is 78.1 Å². The molecule has 0 aromatic carbocycles. The van der Waals surface area contributed by atoms with Crippen LogP contribution in [-0.4, -0.2) is 17.3 Å². The highest BCUT2D eigenvalue weighted by molar-refractivity contribution is 7.97. The van der Waals surface area contributed by atoms with Crippen molar-refractivity contribution < 1.29 is 18.0 Å². The predicted molar refractivity (Wildman–Crippen MR) is 86.8 cm³/mol. The van der Waals surface area contributed by atoms with E-state index in [1.807, 2.05) is 0 Å². The maximum atomic E-state index is 11.2. The van der Waals surface area contributed by atoms with E-state index in [2.05, 4.69) is 11.4 Å². The van der Waals surface area contributed by atoms with E-state index >= 15 is 0 Å². The lowest BCUT2D eigenvalue weighted by molar-refractivity contribution is 0.222. The Labute approximate surface area is 128 Å². The van der Waals surface area contributed by atoms with E-state index in [9.17, 15) is 4.57 Å². The van der Waals surface area contributed by atoms with E-state index in [4.69, 9.17) is 8.86 Å². The summed E-state index contributed by atoms with van der Waals surface area (Å²) >= 11 is 1.04. The van der Waals surface area contributed by atoms with Crippen molar-refractivity contribution >= 4 is 19.9 Å². The molecular weight excluding hydrogens is 295 g/mol. The van der Waals surface area contributed by atoms with Crippen molar-refractivity contribution in [1.82, 2.24) is 0 Å². The second-order valence-corrected chi connectivity index (χ2v) is 7.40. The van der Waals surface area contributed by atoms with Crippen molar-refractivity contribution in [2.24, 2.45) is 0 Å². The average molecular weight is 326 g/mol. The lowest BCUT2D eigenvalue weighted by atomic mass is 10.1. The Morgan fingerprint density at radius 3 is 1.90 bits per heavy atom. The number of hydrogen-bond donors (Lipinski definition) is 1. The quantitative estimate of drug-likeness (QED) is 0.237. The van der Waals surface area contributed by atoms with Gasteiger partial charge in [0.05, 0.1) is 6.61 Å². The molecule has 6 heteroatoms. The van der Waals surface area contributed by atoms with Crippen molar-refractivity contribution in [2.45, 2.75) is 78.1 Å². The van der Waals surface area contributed by atoms with Crippen molar-refractivity contribution in [3.63, 3.8) is 0 Å². The van der Waals surface area contributed by atoms with E-state index in [0.717, 1.165) is 30.6 Å². The van der Waals surface area contributed by atoms with Crippen molar-refractivity contribution in [3.8, 4) is 0 Å². The van der Waals surface area contributed by atoms with Gasteiger partial charge in [-0.1, -0.05) is 64.7 Å². The Balaban J connectivity index is 3.15. The Hall–Kier alpha value is 0.460. The van der Waals surface area contributed by atoms with Crippen LogP contribution in [0.25, 0.3) is 0 Å². The molecule has 1 N–H and O–H groups in total. The Morgan fingerprint density at radius 2 is 1.40 bits per heavy atom. The molecule has 0 bridgehead atoms. The number of phosphoric acid groups is 1. The Morgan fingerprint density at radius 1 is 0.900 bits per heavy atom. The molecule has 1 atom stereocenters. The topological polar surface area (TPSA) is 55.8 Å². The van der Waals surface area contributed by atoms with Gasteiger partial charge < -0.3 is 4.89 Å². The summed E-state index contributed by atoms with van der Waals surface area (Å²) in [4.78, 5) is 9.17. The highest BCUT2D eigenvalue weighted by Crippen LogP contribution is 2.47. The van der Waals surface area contributed by atoms with Gasteiger partial charge in [-0.05, 0) is 13.3 Å². The molecule has 0 aliphatic heterocycles. The van der Waals surface area contributed by atoms with Gasteiger partial charge in [-0.25, -0.2) is 8.54 Å². The summed E-state index contributed by atoms with van der Waals surface area (Å²) in [7, 11) is -3.81. The van der Waals surface area contributed by atoms with Crippen LogP contribution in [0.5, 0.6) is 0 Å². The molecule has 0 amide bonds. The van der Waals surface area contributed by atoms with Crippen molar-refractivity contribution in [2.75, 3.05) is 12.4 Å². The second kappa shape index (κ2) is 14.4. The van der Waals surface area contributed by atoms with Crippen LogP contribution in [0.3, 0.4) is 0 Å². The normalized spacial score (nSPS) is 14.3. The first-order valence-corrected chi connectivity index (χ1v) is 10.3. The first kappa shape index (κ1) is 20.5. The average Bonchev–Trinajstić information content (AvgIpc) is 2.40. The molecule has 0 saturated heterocycles. The monoisotopic (exact) mass is 326 g/mol. The van der Waals surface area contributed by atoms with E-state index in [1.165, 1.54) is 51.4 Å². The molecule has 1 unspecified atom stereocenters. The standard InChI is InChI=1S/C14H31O4PS/c1-3-5-6-7-8-9-10-11-12-13-14-20-18-19(15,16)17-4-2/h3-14H2,1-2H3,(H,15,16). The smallest absolute Gasteiger partial charge is 0.302 e. The third kappa shape index (κ3) is 14.9. The Bertz CT molecular complexity index is 251. The van der Waals surface area contributed by atoms with Gasteiger partial charge in [0.15, 0.2) is 0 Å². The molecule has 0 saturated carbocycles. The minimum Gasteiger partial charge on any atom is -0.302 e. The van der Waals surface area contributed by atoms with Gasteiger partial charge in [0.2, 0.25) is 0 Å². The van der Waals surface area contributed by atoms with Gasteiger partial charge in [-0.2, -0.15) is 0 Å². The predicted octanol–water partition coefficient (Wildman–Crippen LogP) is 5.71. The fourth-order valence-electron chi connectivity index (χ4n) is 1.94. The lowest BCUT2D eigenvalue weighted by Gasteiger charge is -2.08. The van der Waals surface area contributed by atoms with E-state index in [1.54, 1.807) is 6.92 Å². The zero-order valence-corrected chi connectivity index (χ0v) is 14.7. The van der Waals surface area contributed by atoms with Gasteiger partial charge in [0, 0.05) is 17.8 Å². The third-order valence-electron chi connectivity index (χ3n) is 3.02. The molecule has 0 rings (SSSR count). The highest BCUT2D eigenvalue weighted by atomic mass is 32.2. The van der Waals surface area contributed by atoms with Crippen LogP contribution in [-0.2, 0) is 13.1 Å². The van der Waals surface area contributed by atoms with Crippen LogP contribution < -0.4 is 0 Å². The van der Waals surface area contributed by atoms with Crippen LogP contribution in [0, 0.1) is 0 Å². The number of unbranched alkanes of at least 4 members (excludes halogenated alkanes) is 9. The maximum Gasteiger partial charge on any atom is 0.483 e. The largest absolute Gasteiger partial charge is 0.483 e. The third-order valence-corrected chi connectivity index (χ3v) is 5.24. The summed E-state index contributed by atoms with van der Waals surface area (Å²) in [6.07, 6.45) is 12.9. The summed E-state index contributed by atoms with van der Waals surface area (Å²) in [5, 5.41) is 0.